The van der Waals surface area contributed by atoms with Crippen LogP contribution in [-0.2, 0) is 10.0 Å². The maximum atomic E-state index is 13.1. The molecule has 126 valence electrons. The van der Waals surface area contributed by atoms with Crippen molar-refractivity contribution in [3.8, 4) is 0 Å². The van der Waals surface area contributed by atoms with Gasteiger partial charge in [-0.3, -0.25) is 0 Å². The molecule has 2 rings (SSSR count). The van der Waals surface area contributed by atoms with E-state index in [0.717, 1.165) is 44.5 Å². The highest BCUT2D eigenvalue weighted by molar-refractivity contribution is 7.89. The van der Waals surface area contributed by atoms with Crippen LogP contribution in [0.4, 0.5) is 4.39 Å². The first-order chi connectivity index (χ1) is 9.90. The van der Waals surface area contributed by atoms with Crippen LogP contribution in [0.3, 0.4) is 0 Å². The molecule has 4 nitrogen and oxygen atoms in total. The fraction of sp³-hybridized carbons (Fsp3) is 0.538. The molecule has 0 amide bonds. The van der Waals surface area contributed by atoms with Gasteiger partial charge in [-0.1, -0.05) is 23.2 Å². The molecular formula is C13H18Cl3FN2O2S. The van der Waals surface area contributed by atoms with Crippen LogP contribution in [0.25, 0.3) is 0 Å². The van der Waals surface area contributed by atoms with Crippen LogP contribution in [0.2, 0.25) is 10.0 Å². The summed E-state index contributed by atoms with van der Waals surface area (Å²) < 4.78 is 40.0. The fourth-order valence-corrected chi connectivity index (χ4v) is 4.66. The number of benzene rings is 1. The monoisotopic (exact) mass is 390 g/mol. The zero-order valence-corrected chi connectivity index (χ0v) is 14.9. The molecule has 1 aromatic rings. The topological polar surface area (TPSA) is 58.2 Å². The summed E-state index contributed by atoms with van der Waals surface area (Å²) >= 11 is 11.6. The van der Waals surface area contributed by atoms with E-state index in [1.807, 2.05) is 0 Å². The predicted octanol–water partition coefficient (Wildman–Crippen LogP) is 3.22. The van der Waals surface area contributed by atoms with E-state index in [2.05, 4.69) is 10.0 Å². The molecule has 1 aromatic carbocycles. The van der Waals surface area contributed by atoms with Crippen molar-refractivity contribution in [1.82, 2.24) is 10.0 Å². The second-order valence-corrected chi connectivity index (χ2v) is 7.62. The van der Waals surface area contributed by atoms with Gasteiger partial charge in [0.05, 0.1) is 10.0 Å². The second kappa shape index (κ2) is 8.66. The molecule has 1 unspecified atom stereocenters. The average molecular weight is 392 g/mol. The first-order valence-electron chi connectivity index (χ1n) is 6.75. The minimum absolute atomic E-state index is 0. The molecule has 0 aromatic heterocycles. The summed E-state index contributed by atoms with van der Waals surface area (Å²) in [6, 6.07) is 1.88. The van der Waals surface area contributed by atoms with Crippen LogP contribution >= 0.6 is 35.6 Å². The van der Waals surface area contributed by atoms with Crippen molar-refractivity contribution in [2.24, 2.45) is 5.92 Å². The van der Waals surface area contributed by atoms with Gasteiger partial charge in [-0.2, -0.15) is 0 Å². The highest BCUT2D eigenvalue weighted by atomic mass is 35.5. The summed E-state index contributed by atoms with van der Waals surface area (Å²) in [6.45, 7) is 2.22. The minimum atomic E-state index is -3.84. The van der Waals surface area contributed by atoms with E-state index in [4.69, 9.17) is 23.2 Å². The molecule has 22 heavy (non-hydrogen) atoms. The van der Waals surface area contributed by atoms with Gasteiger partial charge in [-0.25, -0.2) is 17.5 Å². The maximum Gasteiger partial charge on any atom is 0.243 e. The summed E-state index contributed by atoms with van der Waals surface area (Å²) in [7, 11) is -3.84. The van der Waals surface area contributed by atoms with E-state index < -0.39 is 15.8 Å². The molecule has 1 saturated heterocycles. The number of hydrogen-bond acceptors (Lipinski definition) is 3. The molecule has 9 heteroatoms. The molecule has 0 radical (unpaired) electrons. The van der Waals surface area contributed by atoms with E-state index in [9.17, 15) is 12.8 Å². The summed E-state index contributed by atoms with van der Waals surface area (Å²) in [6.07, 6.45) is 2.93. The number of hydrogen-bond donors (Lipinski definition) is 2. The first-order valence-corrected chi connectivity index (χ1v) is 8.99. The van der Waals surface area contributed by atoms with Gasteiger partial charge < -0.3 is 5.32 Å². The fourth-order valence-electron chi connectivity index (χ4n) is 2.43. The van der Waals surface area contributed by atoms with Crippen molar-refractivity contribution in [1.29, 1.82) is 0 Å². The number of sulfonamides is 1. The van der Waals surface area contributed by atoms with E-state index in [-0.39, 0.29) is 27.3 Å². The highest BCUT2D eigenvalue weighted by Crippen LogP contribution is 2.30. The van der Waals surface area contributed by atoms with Gasteiger partial charge in [-0.05, 0) is 50.4 Å². The van der Waals surface area contributed by atoms with E-state index in [1.54, 1.807) is 0 Å². The number of nitrogens with one attached hydrogen (secondary N) is 2. The van der Waals surface area contributed by atoms with Crippen LogP contribution in [0, 0.1) is 11.7 Å². The lowest BCUT2D eigenvalue weighted by Gasteiger charge is -2.22. The van der Waals surface area contributed by atoms with Crippen LogP contribution in [0.1, 0.15) is 19.3 Å². The van der Waals surface area contributed by atoms with Gasteiger partial charge >= 0.3 is 0 Å². The third-order valence-electron chi connectivity index (χ3n) is 3.48. The Morgan fingerprint density at radius 1 is 1.32 bits per heavy atom. The van der Waals surface area contributed by atoms with Gasteiger partial charge in [0, 0.05) is 6.54 Å². The lowest BCUT2D eigenvalue weighted by atomic mass is 9.96. The quantitative estimate of drug-likeness (QED) is 0.810. The number of halogens is 4. The number of piperidine rings is 1. The van der Waals surface area contributed by atoms with Crippen LogP contribution in [0.15, 0.2) is 17.0 Å². The molecule has 0 aliphatic carbocycles. The van der Waals surface area contributed by atoms with Crippen LogP contribution < -0.4 is 10.0 Å². The van der Waals surface area contributed by atoms with Gasteiger partial charge in [-0.15, -0.1) is 12.4 Å². The maximum absolute atomic E-state index is 13.1. The Labute approximate surface area is 146 Å². The first kappa shape index (κ1) is 19.9. The minimum Gasteiger partial charge on any atom is -0.316 e. The third kappa shape index (κ3) is 5.22. The Morgan fingerprint density at radius 2 is 1.95 bits per heavy atom. The Kier molecular flexibility index (Phi) is 7.85. The zero-order valence-electron chi connectivity index (χ0n) is 11.7. The highest BCUT2D eigenvalue weighted by Gasteiger charge is 2.23. The van der Waals surface area contributed by atoms with Crippen molar-refractivity contribution in [3.05, 3.63) is 28.0 Å². The molecule has 1 fully saturated rings. The van der Waals surface area contributed by atoms with Crippen molar-refractivity contribution < 1.29 is 12.8 Å². The summed E-state index contributed by atoms with van der Waals surface area (Å²) in [4.78, 5) is -0.269. The molecule has 2 N–H and O–H groups in total. The van der Waals surface area contributed by atoms with Gasteiger partial charge in [0.15, 0.2) is 0 Å². The summed E-state index contributed by atoms with van der Waals surface area (Å²) in [5, 5.41) is 2.85. The Morgan fingerprint density at radius 3 is 2.50 bits per heavy atom. The molecule has 0 bridgehead atoms. The molecule has 0 spiro atoms. The Hall–Kier alpha value is -0.110. The third-order valence-corrected chi connectivity index (χ3v) is 5.86. The molecule has 1 atom stereocenters. The summed E-state index contributed by atoms with van der Waals surface area (Å²) in [5.41, 5.74) is 0. The van der Waals surface area contributed by atoms with Gasteiger partial charge in [0.2, 0.25) is 10.0 Å². The molecule has 1 aliphatic rings. The molecule has 0 saturated carbocycles. The average Bonchev–Trinajstić information content (AvgIpc) is 2.38. The smallest absolute Gasteiger partial charge is 0.243 e. The molecule has 1 aliphatic heterocycles. The SMILES string of the molecule is Cl.O=S(=O)(NCCC1CCCNC1)c1c(Cl)cc(F)cc1Cl. The van der Waals surface area contributed by atoms with Gasteiger partial charge in [0.25, 0.3) is 0 Å². The number of rotatable bonds is 5. The molecule has 1 heterocycles. The van der Waals surface area contributed by atoms with E-state index in [1.165, 1.54) is 0 Å². The van der Waals surface area contributed by atoms with E-state index in [0.29, 0.717) is 12.5 Å². The van der Waals surface area contributed by atoms with Crippen molar-refractivity contribution in [2.45, 2.75) is 24.2 Å². The largest absolute Gasteiger partial charge is 0.316 e. The normalized spacial score (nSPS) is 18.8. The van der Waals surface area contributed by atoms with Crippen LogP contribution in [-0.4, -0.2) is 28.1 Å². The van der Waals surface area contributed by atoms with E-state index >= 15 is 0 Å². The standard InChI is InChI=1S/C13H17Cl2FN2O2S.ClH/c14-11-6-10(16)7-12(15)13(11)21(19,20)18-5-3-9-2-1-4-17-8-9;/h6-7,9,17-18H,1-5,8H2;1H. The van der Waals surface area contributed by atoms with Crippen molar-refractivity contribution in [3.63, 3.8) is 0 Å². The summed E-state index contributed by atoms with van der Waals surface area (Å²) in [5.74, 6) is -0.210. The second-order valence-electron chi connectivity index (χ2n) is 5.10. The Balaban J connectivity index is 0.00000242. The van der Waals surface area contributed by atoms with Gasteiger partial charge in [0.1, 0.15) is 10.7 Å². The van der Waals surface area contributed by atoms with Crippen molar-refractivity contribution in [2.75, 3.05) is 19.6 Å². The molecular weight excluding hydrogens is 374 g/mol. The lowest BCUT2D eigenvalue weighted by molar-refractivity contribution is 0.358. The Bertz CT molecular complexity index is 584. The zero-order chi connectivity index (χ0) is 15.5. The lowest BCUT2D eigenvalue weighted by Crippen LogP contribution is -2.33. The van der Waals surface area contributed by atoms with Crippen molar-refractivity contribution >= 4 is 45.6 Å². The predicted molar refractivity (Wildman–Crippen MR) is 89.1 cm³/mol. The van der Waals surface area contributed by atoms with Crippen LogP contribution in [0.5, 0.6) is 0 Å².